The van der Waals surface area contributed by atoms with E-state index in [0.29, 0.717) is 8.47 Å². The van der Waals surface area contributed by atoms with Gasteiger partial charge in [0.15, 0.2) is 0 Å². The molecule has 0 unspecified atom stereocenters. The SMILES string of the molecule is N#Cc1c(F)ccc(S)c1I. The minimum absolute atomic E-state index is 0.0677. The normalized spacial score (nSPS) is 9.27. The minimum atomic E-state index is -0.491. The van der Waals surface area contributed by atoms with Crippen LogP contribution in [0.4, 0.5) is 4.39 Å². The molecule has 1 nitrogen and oxygen atoms in total. The van der Waals surface area contributed by atoms with Crippen LogP contribution in [0.3, 0.4) is 0 Å². The van der Waals surface area contributed by atoms with Crippen molar-refractivity contribution in [2.75, 3.05) is 0 Å². The number of halogens is 2. The van der Waals surface area contributed by atoms with Crippen LogP contribution >= 0.6 is 35.2 Å². The molecule has 0 aliphatic carbocycles. The zero-order valence-corrected chi connectivity index (χ0v) is 8.36. The fourth-order valence-electron chi connectivity index (χ4n) is 0.644. The molecule has 0 fully saturated rings. The Hall–Kier alpha value is -0.280. The fraction of sp³-hybridized carbons (Fsp3) is 0. The predicted octanol–water partition coefficient (Wildman–Crippen LogP) is 2.59. The molecule has 0 aliphatic heterocycles. The largest absolute Gasteiger partial charge is 0.206 e. The molecule has 0 saturated carbocycles. The van der Waals surface area contributed by atoms with Crippen LogP contribution in [0, 0.1) is 20.7 Å². The van der Waals surface area contributed by atoms with Crippen molar-refractivity contribution in [1.29, 1.82) is 5.26 Å². The monoisotopic (exact) mass is 279 g/mol. The van der Waals surface area contributed by atoms with E-state index in [9.17, 15) is 4.39 Å². The topological polar surface area (TPSA) is 23.8 Å². The third kappa shape index (κ3) is 1.65. The number of nitriles is 1. The first-order chi connectivity index (χ1) is 5.16. The molecule has 1 aromatic carbocycles. The van der Waals surface area contributed by atoms with E-state index in [4.69, 9.17) is 5.26 Å². The standard InChI is InChI=1S/C7H3FINS/c8-5-1-2-6(11)7(9)4(5)3-10/h1-2,11H. The molecule has 1 aromatic rings. The molecular weight excluding hydrogens is 276 g/mol. The number of rotatable bonds is 0. The summed E-state index contributed by atoms with van der Waals surface area (Å²) in [7, 11) is 0. The Morgan fingerprint density at radius 2 is 2.18 bits per heavy atom. The van der Waals surface area contributed by atoms with Gasteiger partial charge in [0, 0.05) is 8.47 Å². The predicted molar refractivity (Wildman–Crippen MR) is 51.1 cm³/mol. The van der Waals surface area contributed by atoms with Crippen molar-refractivity contribution in [3.05, 3.63) is 27.1 Å². The second-order valence-corrected chi connectivity index (χ2v) is 3.43. The molecule has 0 N–H and O–H groups in total. The lowest BCUT2D eigenvalue weighted by atomic mass is 10.2. The summed E-state index contributed by atoms with van der Waals surface area (Å²) in [4.78, 5) is 0.628. The van der Waals surface area contributed by atoms with Crippen LogP contribution in [0.25, 0.3) is 0 Å². The third-order valence-electron chi connectivity index (χ3n) is 1.18. The highest BCUT2D eigenvalue weighted by Crippen LogP contribution is 2.22. The van der Waals surface area contributed by atoms with Crippen molar-refractivity contribution in [3.63, 3.8) is 0 Å². The molecule has 0 aromatic heterocycles. The Kier molecular flexibility index (Phi) is 2.73. The molecule has 0 heterocycles. The van der Waals surface area contributed by atoms with Crippen LogP contribution in [0.5, 0.6) is 0 Å². The van der Waals surface area contributed by atoms with Gasteiger partial charge >= 0.3 is 0 Å². The second kappa shape index (κ2) is 3.41. The molecule has 0 atom stereocenters. The van der Waals surface area contributed by atoms with Gasteiger partial charge in [-0.3, -0.25) is 0 Å². The molecule has 0 radical (unpaired) electrons. The first-order valence-electron chi connectivity index (χ1n) is 2.74. The number of thiol groups is 1. The van der Waals surface area contributed by atoms with E-state index in [1.165, 1.54) is 12.1 Å². The lowest BCUT2D eigenvalue weighted by Gasteiger charge is -1.98. The number of hydrogen-bond donors (Lipinski definition) is 1. The number of hydrogen-bond acceptors (Lipinski definition) is 2. The summed E-state index contributed by atoms with van der Waals surface area (Å²) < 4.78 is 13.3. The Labute approximate surface area is 82.8 Å². The molecule has 11 heavy (non-hydrogen) atoms. The fourth-order valence-corrected chi connectivity index (χ4v) is 1.39. The van der Waals surface area contributed by atoms with Gasteiger partial charge in [-0.1, -0.05) is 0 Å². The van der Waals surface area contributed by atoms with Crippen molar-refractivity contribution in [3.8, 4) is 6.07 Å². The first kappa shape index (κ1) is 8.81. The second-order valence-electron chi connectivity index (χ2n) is 1.87. The van der Waals surface area contributed by atoms with Crippen LogP contribution < -0.4 is 0 Å². The smallest absolute Gasteiger partial charge is 0.142 e. The van der Waals surface area contributed by atoms with Gasteiger partial charge in [0.1, 0.15) is 17.4 Å². The summed E-state index contributed by atoms with van der Waals surface area (Å²) >= 11 is 5.94. The zero-order chi connectivity index (χ0) is 8.43. The first-order valence-corrected chi connectivity index (χ1v) is 4.26. The average Bonchev–Trinajstić information content (AvgIpc) is 1.99. The van der Waals surface area contributed by atoms with E-state index in [-0.39, 0.29) is 5.56 Å². The minimum Gasteiger partial charge on any atom is -0.206 e. The van der Waals surface area contributed by atoms with Crippen molar-refractivity contribution in [2.24, 2.45) is 0 Å². The Morgan fingerprint density at radius 1 is 1.55 bits per heavy atom. The highest BCUT2D eigenvalue weighted by molar-refractivity contribution is 14.1. The highest BCUT2D eigenvalue weighted by atomic mass is 127. The molecule has 0 amide bonds. The summed E-state index contributed by atoms with van der Waals surface area (Å²) in [6.07, 6.45) is 0. The number of benzene rings is 1. The summed E-state index contributed by atoms with van der Waals surface area (Å²) in [6.45, 7) is 0. The summed E-state index contributed by atoms with van der Waals surface area (Å²) in [6, 6.07) is 4.54. The molecule has 0 saturated heterocycles. The highest BCUT2D eigenvalue weighted by Gasteiger charge is 2.07. The molecule has 1 rings (SSSR count). The van der Waals surface area contributed by atoms with Gasteiger partial charge < -0.3 is 0 Å². The third-order valence-corrected chi connectivity index (χ3v) is 3.10. The van der Waals surface area contributed by atoms with E-state index < -0.39 is 5.82 Å². The van der Waals surface area contributed by atoms with Crippen LogP contribution in [0.2, 0.25) is 0 Å². The van der Waals surface area contributed by atoms with Crippen molar-refractivity contribution >= 4 is 35.2 Å². The van der Waals surface area contributed by atoms with E-state index in [1.807, 2.05) is 22.6 Å². The maximum Gasteiger partial charge on any atom is 0.142 e. The maximum absolute atomic E-state index is 12.8. The van der Waals surface area contributed by atoms with Crippen LogP contribution in [-0.4, -0.2) is 0 Å². The molecule has 0 bridgehead atoms. The molecule has 56 valence electrons. The van der Waals surface area contributed by atoms with Gasteiger partial charge in [-0.2, -0.15) is 5.26 Å². The van der Waals surface area contributed by atoms with E-state index in [2.05, 4.69) is 12.6 Å². The summed E-state index contributed by atoms with van der Waals surface area (Å²) in [5, 5.41) is 8.49. The zero-order valence-electron chi connectivity index (χ0n) is 5.31. The van der Waals surface area contributed by atoms with Gasteiger partial charge in [-0.25, -0.2) is 4.39 Å². The summed E-state index contributed by atoms with van der Waals surface area (Å²) in [5.74, 6) is -0.491. The lowest BCUT2D eigenvalue weighted by molar-refractivity contribution is 0.621. The van der Waals surface area contributed by atoms with E-state index in [1.54, 1.807) is 6.07 Å². The van der Waals surface area contributed by atoms with Gasteiger partial charge in [0.2, 0.25) is 0 Å². The quantitative estimate of drug-likeness (QED) is 0.572. The van der Waals surface area contributed by atoms with Gasteiger partial charge in [-0.05, 0) is 34.7 Å². The molecular formula is C7H3FINS. The van der Waals surface area contributed by atoms with Crippen molar-refractivity contribution in [1.82, 2.24) is 0 Å². The Morgan fingerprint density at radius 3 is 2.64 bits per heavy atom. The van der Waals surface area contributed by atoms with Crippen molar-refractivity contribution in [2.45, 2.75) is 4.90 Å². The van der Waals surface area contributed by atoms with Gasteiger partial charge in [0.25, 0.3) is 0 Å². The van der Waals surface area contributed by atoms with Crippen molar-refractivity contribution < 1.29 is 4.39 Å². The van der Waals surface area contributed by atoms with Gasteiger partial charge in [0.05, 0.1) is 0 Å². The van der Waals surface area contributed by atoms with Crippen LogP contribution in [-0.2, 0) is 0 Å². The summed E-state index contributed by atoms with van der Waals surface area (Å²) in [5.41, 5.74) is 0.0677. The van der Waals surface area contributed by atoms with E-state index >= 15 is 0 Å². The molecule has 0 aliphatic rings. The van der Waals surface area contributed by atoms with Crippen LogP contribution in [0.15, 0.2) is 17.0 Å². The van der Waals surface area contributed by atoms with Crippen LogP contribution in [0.1, 0.15) is 5.56 Å². The molecule has 4 heteroatoms. The van der Waals surface area contributed by atoms with E-state index in [0.717, 1.165) is 0 Å². The van der Waals surface area contributed by atoms with Gasteiger partial charge in [-0.15, -0.1) is 12.6 Å². The Bertz CT molecular complexity index is 332. The Balaban J connectivity index is 3.44. The maximum atomic E-state index is 12.8. The molecule has 0 spiro atoms. The number of nitrogens with zero attached hydrogens (tertiary/aromatic N) is 1. The average molecular weight is 279 g/mol. The lowest BCUT2D eigenvalue weighted by Crippen LogP contribution is -1.88.